The minimum absolute atomic E-state index is 0.0970. The first-order valence-electron chi connectivity index (χ1n) is 7.95. The van der Waals surface area contributed by atoms with Gasteiger partial charge in [0.05, 0.1) is 16.9 Å². The fraction of sp³-hybridized carbons (Fsp3) is 0.471. The van der Waals surface area contributed by atoms with Crippen LogP contribution in [-0.2, 0) is 16.0 Å². The Labute approximate surface area is 134 Å². The lowest BCUT2D eigenvalue weighted by atomic mass is 10.0. The highest BCUT2D eigenvalue weighted by atomic mass is 16.5. The highest BCUT2D eigenvalue weighted by Crippen LogP contribution is 2.48. The molecule has 0 saturated heterocycles. The SMILES string of the molecule is CCCNc1c(C)c(O)c2c3c([nH]c2c1O)C(OC(C)=O)CC3. The van der Waals surface area contributed by atoms with Crippen LogP contribution in [0.15, 0.2) is 0 Å². The van der Waals surface area contributed by atoms with Crippen LogP contribution in [-0.4, -0.2) is 27.7 Å². The summed E-state index contributed by atoms with van der Waals surface area (Å²) >= 11 is 0. The van der Waals surface area contributed by atoms with Crippen LogP contribution in [0.4, 0.5) is 5.69 Å². The van der Waals surface area contributed by atoms with E-state index in [4.69, 9.17) is 4.74 Å². The molecule has 6 heteroatoms. The van der Waals surface area contributed by atoms with E-state index in [2.05, 4.69) is 10.3 Å². The number of carbonyl (C=O) groups is 1. The molecule has 6 nitrogen and oxygen atoms in total. The van der Waals surface area contributed by atoms with Crippen molar-refractivity contribution in [2.24, 2.45) is 0 Å². The summed E-state index contributed by atoms with van der Waals surface area (Å²) in [5.74, 6) is -0.0754. The Hall–Kier alpha value is -2.37. The topological polar surface area (TPSA) is 94.6 Å². The maximum atomic E-state index is 11.2. The number of phenols is 2. The van der Waals surface area contributed by atoms with E-state index in [0.29, 0.717) is 41.5 Å². The molecule has 0 saturated carbocycles. The number of aryl methyl sites for hydroxylation is 1. The highest BCUT2D eigenvalue weighted by Gasteiger charge is 2.32. The number of anilines is 1. The Kier molecular flexibility index (Phi) is 3.83. The lowest BCUT2D eigenvalue weighted by molar-refractivity contribution is -0.146. The Morgan fingerprint density at radius 2 is 2.13 bits per heavy atom. The van der Waals surface area contributed by atoms with Crippen LogP contribution in [0.5, 0.6) is 11.5 Å². The van der Waals surface area contributed by atoms with Crippen molar-refractivity contribution < 1.29 is 19.7 Å². The van der Waals surface area contributed by atoms with Crippen LogP contribution >= 0.6 is 0 Å². The van der Waals surface area contributed by atoms with Gasteiger partial charge in [-0.2, -0.15) is 0 Å². The number of hydrogen-bond acceptors (Lipinski definition) is 5. The molecule has 1 atom stereocenters. The van der Waals surface area contributed by atoms with Crippen molar-refractivity contribution in [2.75, 3.05) is 11.9 Å². The number of nitrogens with one attached hydrogen (secondary N) is 2. The Balaban J connectivity index is 2.16. The van der Waals surface area contributed by atoms with E-state index >= 15 is 0 Å². The van der Waals surface area contributed by atoms with Crippen LogP contribution in [0.2, 0.25) is 0 Å². The number of esters is 1. The molecule has 0 bridgehead atoms. The number of ether oxygens (including phenoxy) is 1. The average molecular weight is 318 g/mol. The summed E-state index contributed by atoms with van der Waals surface area (Å²) in [6.07, 6.45) is 1.95. The molecule has 4 N–H and O–H groups in total. The summed E-state index contributed by atoms with van der Waals surface area (Å²) in [5, 5.41) is 25.0. The van der Waals surface area contributed by atoms with Crippen LogP contribution in [0, 0.1) is 6.92 Å². The van der Waals surface area contributed by atoms with Crippen molar-refractivity contribution in [1.29, 1.82) is 0 Å². The van der Waals surface area contributed by atoms with Gasteiger partial charge in [0.15, 0.2) is 5.75 Å². The molecule has 0 radical (unpaired) electrons. The van der Waals surface area contributed by atoms with Gasteiger partial charge in [0, 0.05) is 24.4 Å². The van der Waals surface area contributed by atoms with Gasteiger partial charge in [0.2, 0.25) is 0 Å². The number of hydrogen-bond donors (Lipinski definition) is 4. The molecule has 124 valence electrons. The van der Waals surface area contributed by atoms with Crippen LogP contribution in [0.25, 0.3) is 10.9 Å². The van der Waals surface area contributed by atoms with Crippen molar-refractivity contribution in [3.63, 3.8) is 0 Å². The van der Waals surface area contributed by atoms with Crippen molar-refractivity contribution in [1.82, 2.24) is 4.98 Å². The molecule has 1 unspecified atom stereocenters. The van der Waals surface area contributed by atoms with Gasteiger partial charge < -0.3 is 25.3 Å². The van der Waals surface area contributed by atoms with Crippen molar-refractivity contribution >= 4 is 22.6 Å². The van der Waals surface area contributed by atoms with Gasteiger partial charge in [-0.05, 0) is 31.7 Å². The first kappa shape index (κ1) is 15.5. The van der Waals surface area contributed by atoms with Gasteiger partial charge in [-0.25, -0.2) is 0 Å². The highest BCUT2D eigenvalue weighted by molar-refractivity contribution is 6.00. The van der Waals surface area contributed by atoms with Gasteiger partial charge in [-0.3, -0.25) is 4.79 Å². The minimum Gasteiger partial charge on any atom is -0.507 e. The number of fused-ring (bicyclic) bond motifs is 3. The maximum Gasteiger partial charge on any atom is 0.303 e. The standard InChI is InChI=1S/C17H22N2O4/c1-4-7-18-13-8(2)16(21)12-10-5-6-11(23-9(3)20)14(10)19-15(12)17(13)22/h11,18-19,21-22H,4-7H2,1-3H3. The predicted molar refractivity (Wildman–Crippen MR) is 88.0 cm³/mol. The molecule has 23 heavy (non-hydrogen) atoms. The molecule has 1 aliphatic rings. The van der Waals surface area contributed by atoms with Gasteiger partial charge >= 0.3 is 5.97 Å². The zero-order chi connectivity index (χ0) is 16.7. The Bertz CT molecular complexity index is 779. The molecule has 1 aromatic heterocycles. The van der Waals surface area contributed by atoms with Crippen molar-refractivity contribution in [3.05, 3.63) is 16.8 Å². The quantitative estimate of drug-likeness (QED) is 0.394. The van der Waals surface area contributed by atoms with Gasteiger partial charge in [-0.15, -0.1) is 0 Å². The summed E-state index contributed by atoms with van der Waals surface area (Å²) in [5.41, 5.74) is 3.35. The summed E-state index contributed by atoms with van der Waals surface area (Å²) in [6.45, 7) is 5.90. The van der Waals surface area contributed by atoms with Gasteiger partial charge in [0.1, 0.15) is 11.9 Å². The van der Waals surface area contributed by atoms with Gasteiger partial charge in [0.25, 0.3) is 0 Å². The lowest BCUT2D eigenvalue weighted by Gasteiger charge is -2.14. The zero-order valence-corrected chi connectivity index (χ0v) is 13.6. The van der Waals surface area contributed by atoms with E-state index in [0.717, 1.165) is 17.7 Å². The van der Waals surface area contributed by atoms with Crippen LogP contribution in [0.1, 0.15) is 49.6 Å². The van der Waals surface area contributed by atoms with E-state index in [1.807, 2.05) is 6.92 Å². The molecule has 1 aliphatic carbocycles. The molecule has 0 fully saturated rings. The lowest BCUT2D eigenvalue weighted by Crippen LogP contribution is -2.05. The fourth-order valence-corrected chi connectivity index (χ4v) is 3.34. The molecule has 0 aliphatic heterocycles. The van der Waals surface area contributed by atoms with Crippen LogP contribution in [0.3, 0.4) is 0 Å². The summed E-state index contributed by atoms with van der Waals surface area (Å²) in [7, 11) is 0. The third-order valence-electron chi connectivity index (χ3n) is 4.42. The number of carbonyl (C=O) groups excluding carboxylic acids is 1. The van der Waals surface area contributed by atoms with E-state index in [1.54, 1.807) is 6.92 Å². The van der Waals surface area contributed by atoms with E-state index in [1.165, 1.54) is 6.92 Å². The second kappa shape index (κ2) is 5.68. The Morgan fingerprint density at radius 3 is 2.78 bits per heavy atom. The summed E-state index contributed by atoms with van der Waals surface area (Å²) in [4.78, 5) is 14.4. The van der Waals surface area contributed by atoms with Crippen LogP contribution < -0.4 is 5.32 Å². The molecule has 2 aromatic rings. The monoisotopic (exact) mass is 318 g/mol. The molecular weight excluding hydrogens is 296 g/mol. The number of phenolic OH excluding ortho intramolecular Hbond substituents is 2. The molecule has 1 aromatic carbocycles. The predicted octanol–water partition coefficient (Wildman–Crippen LogP) is 3.26. The second-order valence-electron chi connectivity index (χ2n) is 6.03. The number of benzene rings is 1. The Morgan fingerprint density at radius 1 is 1.39 bits per heavy atom. The third-order valence-corrected chi connectivity index (χ3v) is 4.42. The fourth-order valence-electron chi connectivity index (χ4n) is 3.34. The largest absolute Gasteiger partial charge is 0.507 e. The van der Waals surface area contributed by atoms with E-state index in [-0.39, 0.29) is 23.6 Å². The smallest absolute Gasteiger partial charge is 0.303 e. The number of H-pyrrole nitrogens is 1. The van der Waals surface area contributed by atoms with E-state index < -0.39 is 0 Å². The number of aromatic hydroxyl groups is 2. The van der Waals surface area contributed by atoms with E-state index in [9.17, 15) is 15.0 Å². The number of aromatic amines is 1. The number of aromatic nitrogens is 1. The summed E-state index contributed by atoms with van der Waals surface area (Å²) < 4.78 is 5.32. The molecule has 0 spiro atoms. The average Bonchev–Trinajstić information content (AvgIpc) is 3.05. The maximum absolute atomic E-state index is 11.2. The third kappa shape index (κ3) is 2.38. The van der Waals surface area contributed by atoms with Gasteiger partial charge in [-0.1, -0.05) is 6.92 Å². The second-order valence-corrected chi connectivity index (χ2v) is 6.03. The molecule has 0 amide bonds. The molecule has 3 rings (SSSR count). The number of rotatable bonds is 4. The molecule has 1 heterocycles. The minimum atomic E-state index is -0.346. The van der Waals surface area contributed by atoms with Crippen molar-refractivity contribution in [3.8, 4) is 11.5 Å². The normalized spacial score (nSPS) is 16.6. The molecular formula is C17H22N2O4. The first-order valence-corrected chi connectivity index (χ1v) is 7.95. The van der Waals surface area contributed by atoms with Crippen molar-refractivity contribution in [2.45, 2.75) is 46.1 Å². The summed E-state index contributed by atoms with van der Waals surface area (Å²) in [6, 6.07) is 0. The first-order chi connectivity index (χ1) is 11.0. The zero-order valence-electron chi connectivity index (χ0n) is 13.6.